The van der Waals surface area contributed by atoms with Crippen LogP contribution in [0.25, 0.3) is 0 Å². The van der Waals surface area contributed by atoms with Crippen molar-refractivity contribution >= 4 is 23.5 Å². The van der Waals surface area contributed by atoms with Crippen molar-refractivity contribution in [3.8, 4) is 0 Å². The molecule has 2 aromatic rings. The third-order valence-electron chi connectivity index (χ3n) is 3.23. The van der Waals surface area contributed by atoms with E-state index in [-0.39, 0.29) is 5.56 Å². The van der Waals surface area contributed by atoms with Gasteiger partial charge >= 0.3 is 11.9 Å². The molecule has 0 fully saturated rings. The van der Waals surface area contributed by atoms with Crippen LogP contribution in [0.15, 0.2) is 48.5 Å². The highest BCUT2D eigenvalue weighted by Gasteiger charge is 2.15. The van der Waals surface area contributed by atoms with Crippen molar-refractivity contribution in [1.82, 2.24) is 0 Å². The molecule has 0 aliphatic carbocycles. The van der Waals surface area contributed by atoms with Gasteiger partial charge in [-0.15, -0.1) is 0 Å². The highest BCUT2D eigenvalue weighted by atomic mass is 16.5. The van der Waals surface area contributed by atoms with Gasteiger partial charge in [0.25, 0.3) is 5.91 Å². The largest absolute Gasteiger partial charge is 0.465 e. The smallest absolute Gasteiger partial charge is 0.339 e. The number of methoxy groups -OCH3 is 1. The number of ether oxygens (including phenoxy) is 2. The maximum absolute atomic E-state index is 11.9. The van der Waals surface area contributed by atoms with Crippen molar-refractivity contribution in [3.63, 3.8) is 0 Å². The summed E-state index contributed by atoms with van der Waals surface area (Å²) in [6, 6.07) is 13.2. The lowest BCUT2D eigenvalue weighted by Gasteiger charge is -2.10. The fraction of sp³-hybridized carbons (Fsp3) is 0.167. The number of para-hydroxylation sites is 1. The number of hydrogen-bond donors (Lipinski definition) is 1. The summed E-state index contributed by atoms with van der Waals surface area (Å²) in [5.41, 5.74) is 1.89. The van der Waals surface area contributed by atoms with Crippen LogP contribution >= 0.6 is 0 Å². The fourth-order valence-electron chi connectivity index (χ4n) is 1.97. The molecular formula is C18H17NO5. The zero-order valence-corrected chi connectivity index (χ0v) is 13.4. The van der Waals surface area contributed by atoms with Gasteiger partial charge in [-0.05, 0) is 31.2 Å². The lowest BCUT2D eigenvalue weighted by molar-refractivity contribution is -0.119. The third kappa shape index (κ3) is 4.42. The van der Waals surface area contributed by atoms with E-state index in [2.05, 4.69) is 10.1 Å². The number of amides is 1. The Bertz CT molecular complexity index is 752. The number of hydrogen-bond acceptors (Lipinski definition) is 5. The summed E-state index contributed by atoms with van der Waals surface area (Å²) in [7, 11) is 1.25. The van der Waals surface area contributed by atoms with Crippen LogP contribution in [0.1, 0.15) is 26.3 Å². The molecule has 1 amide bonds. The van der Waals surface area contributed by atoms with Crippen LogP contribution in [0.2, 0.25) is 0 Å². The molecule has 0 saturated heterocycles. The Hall–Kier alpha value is -3.15. The van der Waals surface area contributed by atoms with E-state index in [4.69, 9.17) is 4.74 Å². The molecule has 1 N–H and O–H groups in total. The quantitative estimate of drug-likeness (QED) is 0.854. The zero-order valence-electron chi connectivity index (χ0n) is 13.4. The molecule has 124 valence electrons. The van der Waals surface area contributed by atoms with Crippen molar-refractivity contribution in [3.05, 3.63) is 65.2 Å². The predicted octanol–water partition coefficient (Wildman–Crippen LogP) is 2.58. The summed E-state index contributed by atoms with van der Waals surface area (Å²) in [6.45, 7) is 1.45. The molecule has 0 aliphatic heterocycles. The second-order valence-electron chi connectivity index (χ2n) is 5.03. The summed E-state index contributed by atoms with van der Waals surface area (Å²) in [6.07, 6.45) is 0. The van der Waals surface area contributed by atoms with Crippen molar-refractivity contribution < 1.29 is 23.9 Å². The zero-order chi connectivity index (χ0) is 17.5. The molecule has 2 aromatic carbocycles. The monoisotopic (exact) mass is 327 g/mol. The topological polar surface area (TPSA) is 81.7 Å². The van der Waals surface area contributed by atoms with Crippen LogP contribution in [-0.2, 0) is 14.3 Å². The molecule has 6 nitrogen and oxygen atoms in total. The molecular weight excluding hydrogens is 310 g/mol. The Labute approximate surface area is 139 Å². The average Bonchev–Trinajstić information content (AvgIpc) is 2.60. The summed E-state index contributed by atoms with van der Waals surface area (Å²) in [5, 5.41) is 2.52. The lowest BCUT2D eigenvalue weighted by Crippen LogP contribution is -2.22. The first-order valence-corrected chi connectivity index (χ1v) is 7.22. The van der Waals surface area contributed by atoms with E-state index in [0.717, 1.165) is 5.56 Å². The molecule has 0 aromatic heterocycles. The van der Waals surface area contributed by atoms with Crippen molar-refractivity contribution in [2.45, 2.75) is 6.92 Å². The van der Waals surface area contributed by atoms with Crippen LogP contribution in [0.3, 0.4) is 0 Å². The van der Waals surface area contributed by atoms with Gasteiger partial charge in [-0.3, -0.25) is 4.79 Å². The van der Waals surface area contributed by atoms with Crippen LogP contribution in [0.4, 0.5) is 5.69 Å². The lowest BCUT2D eigenvalue weighted by atomic mass is 10.1. The van der Waals surface area contributed by atoms with E-state index in [1.54, 1.807) is 42.5 Å². The highest BCUT2D eigenvalue weighted by molar-refractivity contribution is 6.02. The number of rotatable bonds is 5. The average molecular weight is 327 g/mol. The van der Waals surface area contributed by atoms with Crippen LogP contribution in [0.5, 0.6) is 0 Å². The molecule has 0 heterocycles. The first-order chi connectivity index (χ1) is 11.5. The molecule has 0 aliphatic rings. The van der Waals surface area contributed by atoms with Crippen LogP contribution < -0.4 is 5.32 Å². The van der Waals surface area contributed by atoms with Gasteiger partial charge in [-0.2, -0.15) is 0 Å². The van der Waals surface area contributed by atoms with Gasteiger partial charge in [0.05, 0.1) is 23.9 Å². The molecule has 0 atom stereocenters. The van der Waals surface area contributed by atoms with Gasteiger partial charge in [0.2, 0.25) is 0 Å². The Morgan fingerprint density at radius 1 is 0.958 bits per heavy atom. The maximum atomic E-state index is 11.9. The van der Waals surface area contributed by atoms with Gasteiger partial charge in [0.1, 0.15) is 0 Å². The van der Waals surface area contributed by atoms with E-state index in [1.807, 2.05) is 6.92 Å². The number of carbonyl (C=O) groups is 3. The van der Waals surface area contributed by atoms with Crippen molar-refractivity contribution in [1.29, 1.82) is 0 Å². The van der Waals surface area contributed by atoms with E-state index >= 15 is 0 Å². The van der Waals surface area contributed by atoms with E-state index < -0.39 is 24.5 Å². The van der Waals surface area contributed by atoms with Gasteiger partial charge in [-0.25, -0.2) is 9.59 Å². The second-order valence-corrected chi connectivity index (χ2v) is 5.03. The number of carbonyl (C=O) groups excluding carboxylic acids is 3. The minimum Gasteiger partial charge on any atom is -0.465 e. The van der Waals surface area contributed by atoms with Crippen LogP contribution in [0, 0.1) is 6.92 Å². The number of nitrogens with one attached hydrogen (secondary N) is 1. The molecule has 0 bridgehead atoms. The standard InChI is InChI=1S/C18H17NO5/c1-12-7-9-13(10-8-12)17(21)24-11-16(20)19-15-6-4-3-5-14(15)18(22)23-2/h3-10H,11H2,1-2H3,(H,19,20). The minimum atomic E-state index is -0.591. The molecule has 0 saturated carbocycles. The number of esters is 2. The summed E-state index contributed by atoms with van der Waals surface area (Å²) >= 11 is 0. The first kappa shape index (κ1) is 17.2. The van der Waals surface area contributed by atoms with E-state index in [9.17, 15) is 14.4 Å². The van der Waals surface area contributed by atoms with Crippen LogP contribution in [-0.4, -0.2) is 31.6 Å². The maximum Gasteiger partial charge on any atom is 0.339 e. The second kappa shape index (κ2) is 7.92. The van der Waals surface area contributed by atoms with Crippen molar-refractivity contribution in [2.75, 3.05) is 19.0 Å². The molecule has 2 rings (SSSR count). The SMILES string of the molecule is COC(=O)c1ccccc1NC(=O)COC(=O)c1ccc(C)cc1. The third-order valence-corrected chi connectivity index (χ3v) is 3.23. The van der Waals surface area contributed by atoms with E-state index in [1.165, 1.54) is 13.2 Å². The molecule has 6 heteroatoms. The molecule has 0 spiro atoms. The highest BCUT2D eigenvalue weighted by Crippen LogP contribution is 2.16. The Kier molecular flexibility index (Phi) is 5.68. The predicted molar refractivity (Wildman–Crippen MR) is 87.9 cm³/mol. The molecule has 0 radical (unpaired) electrons. The Morgan fingerprint density at radius 3 is 2.29 bits per heavy atom. The summed E-state index contributed by atoms with van der Waals surface area (Å²) in [5.74, 6) is -1.71. The van der Waals surface area contributed by atoms with Crippen molar-refractivity contribution in [2.24, 2.45) is 0 Å². The van der Waals surface area contributed by atoms with Gasteiger partial charge in [0, 0.05) is 0 Å². The molecule has 24 heavy (non-hydrogen) atoms. The fourth-order valence-corrected chi connectivity index (χ4v) is 1.97. The number of benzene rings is 2. The Morgan fingerprint density at radius 2 is 1.62 bits per heavy atom. The molecule has 0 unspecified atom stereocenters. The Balaban J connectivity index is 1.95. The normalized spacial score (nSPS) is 9.92. The minimum absolute atomic E-state index is 0.221. The van der Waals surface area contributed by atoms with E-state index in [0.29, 0.717) is 11.3 Å². The first-order valence-electron chi connectivity index (χ1n) is 7.22. The van der Waals surface area contributed by atoms with Gasteiger partial charge in [0.15, 0.2) is 6.61 Å². The number of anilines is 1. The summed E-state index contributed by atoms with van der Waals surface area (Å²) in [4.78, 5) is 35.4. The van der Waals surface area contributed by atoms with Gasteiger partial charge in [-0.1, -0.05) is 29.8 Å². The van der Waals surface area contributed by atoms with Gasteiger partial charge < -0.3 is 14.8 Å². The summed E-state index contributed by atoms with van der Waals surface area (Å²) < 4.78 is 9.61. The number of aryl methyl sites for hydroxylation is 1.